The minimum Gasteiger partial charge on any atom is -0.376 e. The van der Waals surface area contributed by atoms with Crippen LogP contribution in [0.1, 0.15) is 82.5 Å². The standard InChI is InChI=1S/C52H55FN12O6S/c1-30-47(54)52(29-71-30)13-15-63(16-14-52)44-26-56-46(27-55-44)72-35-4-2-3-34(23-35)58-48(67)38-24-37(38)32-6-9-41(39(53)22-32)62-17-19-64(20-18-62)43-11-8-40(60-61-43)49(68)57-25-31-5-7-36-33(21-31)28-65(51(36)70)42-10-12-45(66)59-50(42)69/h2-9,11,21-23,26-27,30,37-38,42,47H,10,12-20,24-25,28-29,54H2,1H3,(H,57,68)(H,58,67)(H,59,66,69)/t30-,37+,38-,42?,47+/m0/s1. The highest BCUT2D eigenvalue weighted by Gasteiger charge is 2.48. The highest BCUT2D eigenvalue weighted by molar-refractivity contribution is 7.99. The minimum absolute atomic E-state index is 0.0444. The first kappa shape index (κ1) is 47.3. The van der Waals surface area contributed by atoms with Crippen LogP contribution in [0.25, 0.3) is 0 Å². The average molecular weight is 995 g/mol. The Morgan fingerprint density at radius 1 is 0.903 bits per heavy atom. The summed E-state index contributed by atoms with van der Waals surface area (Å²) >= 11 is 1.48. The zero-order valence-corrected chi connectivity index (χ0v) is 40.6. The highest BCUT2D eigenvalue weighted by Crippen LogP contribution is 2.49. The van der Waals surface area contributed by atoms with Crippen LogP contribution >= 0.6 is 11.8 Å². The van der Waals surface area contributed by atoms with Crippen LogP contribution in [-0.4, -0.2) is 119 Å². The fraction of sp³-hybridized carbons (Fsp3) is 0.404. The van der Waals surface area contributed by atoms with Gasteiger partial charge in [-0.3, -0.25) is 29.3 Å². The maximum Gasteiger partial charge on any atom is 0.272 e. The van der Waals surface area contributed by atoms with E-state index in [2.05, 4.69) is 43.0 Å². The molecule has 1 aliphatic carbocycles. The molecule has 0 radical (unpaired) electrons. The van der Waals surface area contributed by atoms with E-state index >= 15 is 4.39 Å². The number of nitrogens with two attached hydrogens (primary N) is 1. The first-order chi connectivity index (χ1) is 34.9. The molecule has 5 N–H and O–H groups in total. The van der Waals surface area contributed by atoms with Crippen LogP contribution in [0.5, 0.6) is 0 Å². The summed E-state index contributed by atoms with van der Waals surface area (Å²) in [5.74, 6) is -0.751. The lowest BCUT2D eigenvalue weighted by molar-refractivity contribution is -0.137. The maximum atomic E-state index is 15.7. The lowest BCUT2D eigenvalue weighted by Gasteiger charge is -2.41. The molecule has 5 atom stereocenters. The summed E-state index contributed by atoms with van der Waals surface area (Å²) in [4.78, 5) is 81.6. The minimum atomic E-state index is -0.699. The number of carbonyl (C=O) groups excluding carboxylic acids is 5. The molecule has 4 saturated heterocycles. The Balaban J connectivity index is 0.619. The number of fused-ring (bicyclic) bond motifs is 1. The molecule has 18 nitrogen and oxygen atoms in total. The van der Waals surface area contributed by atoms with Crippen molar-refractivity contribution in [2.24, 2.45) is 17.1 Å². The molecule has 11 rings (SSSR count). The van der Waals surface area contributed by atoms with E-state index in [1.165, 1.54) is 16.7 Å². The Morgan fingerprint density at radius 3 is 2.43 bits per heavy atom. The molecule has 20 heteroatoms. The molecule has 372 valence electrons. The molecule has 72 heavy (non-hydrogen) atoms. The van der Waals surface area contributed by atoms with Gasteiger partial charge in [0, 0.05) is 92.3 Å². The Bertz CT molecular complexity index is 2930. The van der Waals surface area contributed by atoms with Gasteiger partial charge < -0.3 is 40.7 Å². The number of nitrogens with one attached hydrogen (secondary N) is 3. The highest BCUT2D eigenvalue weighted by atomic mass is 32.2. The number of rotatable bonds is 12. The Kier molecular flexibility index (Phi) is 12.8. The van der Waals surface area contributed by atoms with Gasteiger partial charge in [-0.15, -0.1) is 10.2 Å². The lowest BCUT2D eigenvalue weighted by Crippen LogP contribution is -2.52. The third kappa shape index (κ3) is 9.57. The molecule has 5 aromatic rings. The number of halogens is 1. The van der Waals surface area contributed by atoms with Crippen LogP contribution in [-0.2, 0) is 32.2 Å². The van der Waals surface area contributed by atoms with E-state index in [1.807, 2.05) is 52.4 Å². The number of carbonyl (C=O) groups is 5. The number of anilines is 4. The summed E-state index contributed by atoms with van der Waals surface area (Å²) in [6.07, 6.45) is 6.75. The third-order valence-electron chi connectivity index (χ3n) is 15.3. The van der Waals surface area contributed by atoms with Crippen molar-refractivity contribution >= 4 is 64.3 Å². The molecule has 0 bridgehead atoms. The number of hydrogen-bond acceptors (Lipinski definition) is 15. The van der Waals surface area contributed by atoms with Crippen LogP contribution < -0.4 is 36.4 Å². The fourth-order valence-electron chi connectivity index (χ4n) is 10.8. The van der Waals surface area contributed by atoms with Gasteiger partial charge in [-0.1, -0.05) is 36.0 Å². The monoisotopic (exact) mass is 994 g/mol. The van der Waals surface area contributed by atoms with E-state index in [-0.39, 0.29) is 84.6 Å². The summed E-state index contributed by atoms with van der Waals surface area (Å²) in [5, 5.41) is 17.5. The predicted octanol–water partition coefficient (Wildman–Crippen LogP) is 4.65. The van der Waals surface area contributed by atoms with Gasteiger partial charge in [0.15, 0.2) is 11.5 Å². The van der Waals surface area contributed by atoms with Crippen molar-refractivity contribution in [2.45, 2.75) is 86.1 Å². The number of ether oxygens (including phenoxy) is 1. The van der Waals surface area contributed by atoms with Crippen LogP contribution in [0.4, 0.5) is 27.4 Å². The Morgan fingerprint density at radius 2 is 1.71 bits per heavy atom. The molecule has 1 unspecified atom stereocenters. The molecule has 1 saturated carbocycles. The SMILES string of the molecule is C[C@@H]1OCC2(CCN(c3cnc(Sc4cccc(NC(=O)[C@H]5C[C@@H]5c5ccc(N6CCN(c7ccc(C(=O)NCc8ccc9c(c8)CN(C8CCC(=O)NC8=O)C9=O)nn7)CC6)c(F)c5)c4)cn3)CC2)[C@@H]1N. The molecule has 2 aromatic heterocycles. The molecule has 5 amide bonds. The van der Waals surface area contributed by atoms with Crippen molar-refractivity contribution in [3.8, 4) is 0 Å². The summed E-state index contributed by atoms with van der Waals surface area (Å²) in [6.45, 7) is 7.17. The molecule has 6 aliphatic rings. The Hall–Kier alpha value is -7.03. The van der Waals surface area contributed by atoms with Crippen LogP contribution in [0.3, 0.4) is 0 Å². The maximum absolute atomic E-state index is 15.7. The molecule has 3 aromatic carbocycles. The van der Waals surface area contributed by atoms with Gasteiger partial charge in [0.2, 0.25) is 17.7 Å². The van der Waals surface area contributed by atoms with Crippen molar-refractivity contribution < 1.29 is 33.1 Å². The van der Waals surface area contributed by atoms with E-state index < -0.39 is 17.9 Å². The predicted molar refractivity (Wildman–Crippen MR) is 266 cm³/mol. The number of benzene rings is 3. The van der Waals surface area contributed by atoms with E-state index in [0.717, 1.165) is 65.0 Å². The van der Waals surface area contributed by atoms with Crippen LogP contribution in [0.2, 0.25) is 0 Å². The van der Waals surface area contributed by atoms with Crippen LogP contribution in [0, 0.1) is 17.2 Å². The number of hydrogen-bond donors (Lipinski definition) is 4. The van der Waals surface area contributed by atoms with Crippen molar-refractivity contribution in [3.63, 3.8) is 0 Å². The van der Waals surface area contributed by atoms with Crippen molar-refractivity contribution in [3.05, 3.63) is 119 Å². The van der Waals surface area contributed by atoms with E-state index in [9.17, 15) is 24.0 Å². The topological polar surface area (TPSA) is 221 Å². The number of piperidine rings is 2. The van der Waals surface area contributed by atoms with Gasteiger partial charge in [-0.25, -0.2) is 14.4 Å². The van der Waals surface area contributed by atoms with Gasteiger partial charge in [-0.2, -0.15) is 0 Å². The smallest absolute Gasteiger partial charge is 0.272 e. The van der Waals surface area contributed by atoms with Crippen molar-refractivity contribution in [1.82, 2.24) is 35.7 Å². The summed E-state index contributed by atoms with van der Waals surface area (Å²) < 4.78 is 21.6. The molecule has 5 fully saturated rings. The Labute approximate surface area is 419 Å². The summed E-state index contributed by atoms with van der Waals surface area (Å²) in [7, 11) is 0. The second kappa shape index (κ2) is 19.5. The van der Waals surface area contributed by atoms with Crippen molar-refractivity contribution in [2.75, 3.05) is 65.9 Å². The molecular weight excluding hydrogens is 940 g/mol. The van der Waals surface area contributed by atoms with E-state index in [0.29, 0.717) is 55.4 Å². The molecule has 1 spiro atoms. The number of aromatic nitrogens is 4. The normalized spacial score (nSPS) is 23.5. The molecule has 5 aliphatic heterocycles. The van der Waals surface area contributed by atoms with E-state index in [1.54, 1.807) is 42.6 Å². The summed E-state index contributed by atoms with van der Waals surface area (Å²) in [5.41, 5.74) is 10.7. The molecular formula is C52H55FN12O6S. The summed E-state index contributed by atoms with van der Waals surface area (Å²) in [6, 6.07) is 21.0. The number of piperazine rings is 1. The van der Waals surface area contributed by atoms with Crippen LogP contribution in [0.15, 0.2) is 95.1 Å². The van der Waals surface area contributed by atoms with E-state index in [4.69, 9.17) is 15.5 Å². The number of nitrogens with zero attached hydrogens (tertiary/aromatic N) is 8. The largest absolute Gasteiger partial charge is 0.376 e. The third-order valence-corrected chi connectivity index (χ3v) is 16.2. The fourth-order valence-corrected chi connectivity index (χ4v) is 11.6. The van der Waals surface area contributed by atoms with Gasteiger partial charge >= 0.3 is 0 Å². The quantitative estimate of drug-likeness (QED) is 0.125. The second-order valence-corrected chi connectivity index (χ2v) is 20.8. The first-order valence-corrected chi connectivity index (χ1v) is 25.4. The van der Waals surface area contributed by atoms with Gasteiger partial charge in [0.25, 0.3) is 11.8 Å². The van der Waals surface area contributed by atoms with Gasteiger partial charge in [-0.05, 0) is 104 Å². The van der Waals surface area contributed by atoms with Gasteiger partial charge in [0.05, 0.1) is 30.8 Å². The van der Waals surface area contributed by atoms with Gasteiger partial charge in [0.1, 0.15) is 22.7 Å². The lowest BCUT2D eigenvalue weighted by atomic mass is 9.73. The van der Waals surface area contributed by atoms with Crippen molar-refractivity contribution in [1.29, 1.82) is 0 Å². The zero-order chi connectivity index (χ0) is 49.7. The average Bonchev–Trinajstić information content (AvgIpc) is 4.08. The first-order valence-electron chi connectivity index (χ1n) is 24.6. The zero-order valence-electron chi connectivity index (χ0n) is 39.8. The second-order valence-electron chi connectivity index (χ2n) is 19.7. The number of amides is 5. The molecule has 7 heterocycles. The number of imide groups is 1.